The number of nitrogens with zero attached hydrogens (tertiary/aromatic N) is 1. The highest BCUT2D eigenvalue weighted by molar-refractivity contribution is 5.95. The van der Waals surface area contributed by atoms with E-state index < -0.39 is 23.7 Å². The van der Waals surface area contributed by atoms with E-state index in [1.54, 1.807) is 6.92 Å². The third-order valence-electron chi connectivity index (χ3n) is 2.86. The third-order valence-corrected chi connectivity index (χ3v) is 2.86. The summed E-state index contributed by atoms with van der Waals surface area (Å²) in [5, 5.41) is 13.8. The summed E-state index contributed by atoms with van der Waals surface area (Å²) < 4.78 is 37.8. The van der Waals surface area contributed by atoms with Crippen molar-refractivity contribution in [2.45, 2.75) is 32.0 Å². The Morgan fingerprint density at radius 3 is 2.67 bits per heavy atom. The number of alkyl halides is 3. The van der Waals surface area contributed by atoms with Gasteiger partial charge in [0.25, 0.3) is 5.91 Å². The van der Waals surface area contributed by atoms with E-state index in [4.69, 9.17) is 10.9 Å². The minimum Gasteiger partial charge on any atom is -0.409 e. The summed E-state index contributed by atoms with van der Waals surface area (Å²) in [5.41, 5.74) is 4.36. The first-order chi connectivity index (χ1) is 9.77. The van der Waals surface area contributed by atoms with E-state index in [-0.39, 0.29) is 17.8 Å². The Morgan fingerprint density at radius 1 is 1.48 bits per heavy atom. The summed E-state index contributed by atoms with van der Waals surface area (Å²) in [7, 11) is 0. The molecule has 4 N–H and O–H groups in total. The van der Waals surface area contributed by atoms with Crippen LogP contribution in [0.25, 0.3) is 0 Å². The molecule has 8 heteroatoms. The quantitative estimate of drug-likeness (QED) is 0.338. The SMILES string of the molecule is CCC(CC(N)=NO)NC(=O)c1cccc(C(F)(F)F)c1. The molecule has 0 aromatic heterocycles. The van der Waals surface area contributed by atoms with Gasteiger partial charge in [0.1, 0.15) is 5.84 Å². The largest absolute Gasteiger partial charge is 0.416 e. The Labute approximate surface area is 119 Å². The van der Waals surface area contributed by atoms with Gasteiger partial charge in [-0.15, -0.1) is 0 Å². The number of amides is 1. The van der Waals surface area contributed by atoms with E-state index in [9.17, 15) is 18.0 Å². The predicted octanol–water partition coefficient (Wildman–Crippen LogP) is 2.35. The maximum atomic E-state index is 12.6. The Balaban J connectivity index is 2.84. The van der Waals surface area contributed by atoms with Crippen molar-refractivity contribution in [2.75, 3.05) is 0 Å². The Morgan fingerprint density at radius 2 is 2.14 bits per heavy atom. The molecule has 0 aliphatic carbocycles. The molecule has 0 heterocycles. The Kier molecular flexibility index (Phi) is 5.57. The number of oxime groups is 1. The number of carbonyl (C=O) groups is 1. The second kappa shape index (κ2) is 6.96. The molecule has 0 radical (unpaired) electrons. The lowest BCUT2D eigenvalue weighted by atomic mass is 10.1. The molecule has 0 spiro atoms. The highest BCUT2D eigenvalue weighted by Crippen LogP contribution is 2.29. The van der Waals surface area contributed by atoms with Crippen LogP contribution in [0.2, 0.25) is 0 Å². The van der Waals surface area contributed by atoms with Gasteiger partial charge in [0, 0.05) is 18.0 Å². The first-order valence-electron chi connectivity index (χ1n) is 6.22. The molecular weight excluding hydrogens is 287 g/mol. The maximum Gasteiger partial charge on any atom is 0.416 e. The smallest absolute Gasteiger partial charge is 0.409 e. The average Bonchev–Trinajstić information content (AvgIpc) is 2.45. The first kappa shape index (κ1) is 16.8. The number of amidine groups is 1. The fourth-order valence-corrected chi connectivity index (χ4v) is 1.70. The monoisotopic (exact) mass is 303 g/mol. The van der Waals surface area contributed by atoms with Crippen LogP contribution in [-0.4, -0.2) is 23.0 Å². The van der Waals surface area contributed by atoms with Gasteiger partial charge in [-0.3, -0.25) is 4.79 Å². The summed E-state index contributed by atoms with van der Waals surface area (Å²) in [6, 6.07) is 3.71. The summed E-state index contributed by atoms with van der Waals surface area (Å²) in [4.78, 5) is 11.9. The molecule has 0 fully saturated rings. The lowest BCUT2D eigenvalue weighted by molar-refractivity contribution is -0.137. The summed E-state index contributed by atoms with van der Waals surface area (Å²) >= 11 is 0. The van der Waals surface area contributed by atoms with Crippen molar-refractivity contribution in [2.24, 2.45) is 10.9 Å². The van der Waals surface area contributed by atoms with Gasteiger partial charge < -0.3 is 16.3 Å². The van der Waals surface area contributed by atoms with Crippen LogP contribution in [0.15, 0.2) is 29.4 Å². The van der Waals surface area contributed by atoms with Crippen LogP contribution in [0, 0.1) is 0 Å². The summed E-state index contributed by atoms with van der Waals surface area (Å²) in [6.45, 7) is 1.77. The minimum absolute atomic E-state index is 0.0637. The molecule has 21 heavy (non-hydrogen) atoms. The lowest BCUT2D eigenvalue weighted by Gasteiger charge is -2.16. The Bertz CT molecular complexity index is 530. The lowest BCUT2D eigenvalue weighted by Crippen LogP contribution is -2.37. The third kappa shape index (κ3) is 4.97. The maximum absolute atomic E-state index is 12.6. The van der Waals surface area contributed by atoms with Gasteiger partial charge in [0.15, 0.2) is 0 Å². The van der Waals surface area contributed by atoms with Gasteiger partial charge >= 0.3 is 6.18 Å². The number of nitrogens with one attached hydrogen (secondary N) is 1. The molecule has 116 valence electrons. The van der Waals surface area contributed by atoms with E-state index in [1.807, 2.05) is 0 Å². The molecular formula is C13H16F3N3O2. The zero-order valence-electron chi connectivity index (χ0n) is 11.3. The second-order valence-electron chi connectivity index (χ2n) is 4.45. The highest BCUT2D eigenvalue weighted by Gasteiger charge is 2.31. The molecule has 1 unspecified atom stereocenters. The highest BCUT2D eigenvalue weighted by atomic mass is 19.4. The standard InChI is InChI=1S/C13H16F3N3O2/c1-2-10(7-11(17)19-21)18-12(20)8-4-3-5-9(6-8)13(14,15)16/h3-6,10,21H,2,7H2,1H3,(H2,17,19)(H,18,20). The fraction of sp³-hybridized carbons (Fsp3) is 0.385. The zero-order valence-corrected chi connectivity index (χ0v) is 11.3. The second-order valence-corrected chi connectivity index (χ2v) is 4.45. The number of nitrogens with two attached hydrogens (primary N) is 1. The average molecular weight is 303 g/mol. The van der Waals surface area contributed by atoms with Gasteiger partial charge in [-0.05, 0) is 24.6 Å². The van der Waals surface area contributed by atoms with Crippen molar-refractivity contribution in [3.8, 4) is 0 Å². The predicted molar refractivity (Wildman–Crippen MR) is 71.0 cm³/mol. The topological polar surface area (TPSA) is 87.7 Å². The van der Waals surface area contributed by atoms with Crippen LogP contribution in [-0.2, 0) is 6.18 Å². The van der Waals surface area contributed by atoms with Crippen LogP contribution in [0.4, 0.5) is 13.2 Å². The van der Waals surface area contributed by atoms with E-state index in [0.29, 0.717) is 6.42 Å². The molecule has 1 rings (SSSR count). The van der Waals surface area contributed by atoms with Gasteiger partial charge in [-0.25, -0.2) is 0 Å². The Hall–Kier alpha value is -2.25. The van der Waals surface area contributed by atoms with Gasteiger partial charge in [-0.2, -0.15) is 13.2 Å². The number of carbonyl (C=O) groups excluding carboxylic acids is 1. The molecule has 5 nitrogen and oxygen atoms in total. The molecule has 1 amide bonds. The molecule has 0 aliphatic rings. The van der Waals surface area contributed by atoms with E-state index in [0.717, 1.165) is 12.1 Å². The molecule has 0 aliphatic heterocycles. The van der Waals surface area contributed by atoms with Crippen LogP contribution in [0.5, 0.6) is 0 Å². The van der Waals surface area contributed by atoms with Crippen molar-refractivity contribution in [3.05, 3.63) is 35.4 Å². The van der Waals surface area contributed by atoms with Gasteiger partial charge in [0.05, 0.1) is 5.56 Å². The molecule has 0 saturated heterocycles. The van der Waals surface area contributed by atoms with Crippen molar-refractivity contribution >= 4 is 11.7 Å². The van der Waals surface area contributed by atoms with Crippen molar-refractivity contribution in [1.82, 2.24) is 5.32 Å². The minimum atomic E-state index is -4.51. The molecule has 0 saturated carbocycles. The first-order valence-corrected chi connectivity index (χ1v) is 6.22. The number of hydrogen-bond donors (Lipinski definition) is 3. The summed E-state index contributed by atoms with van der Waals surface area (Å²) in [6.07, 6.45) is -3.91. The van der Waals surface area contributed by atoms with Crippen LogP contribution >= 0.6 is 0 Å². The van der Waals surface area contributed by atoms with Gasteiger partial charge in [-0.1, -0.05) is 18.1 Å². The molecule has 1 aromatic rings. The number of benzene rings is 1. The van der Waals surface area contributed by atoms with Crippen LogP contribution < -0.4 is 11.1 Å². The number of halogens is 3. The zero-order chi connectivity index (χ0) is 16.0. The summed E-state index contributed by atoms with van der Waals surface area (Å²) in [5.74, 6) is -0.704. The van der Waals surface area contributed by atoms with E-state index in [1.165, 1.54) is 12.1 Å². The van der Waals surface area contributed by atoms with Crippen molar-refractivity contribution in [3.63, 3.8) is 0 Å². The van der Waals surface area contributed by atoms with Crippen LogP contribution in [0.1, 0.15) is 35.7 Å². The van der Waals surface area contributed by atoms with Crippen LogP contribution in [0.3, 0.4) is 0 Å². The number of rotatable bonds is 5. The van der Waals surface area contributed by atoms with E-state index >= 15 is 0 Å². The normalized spacial score (nSPS) is 13.8. The fourth-order valence-electron chi connectivity index (χ4n) is 1.70. The molecule has 1 atom stereocenters. The molecule has 1 aromatic carbocycles. The van der Waals surface area contributed by atoms with Crippen molar-refractivity contribution < 1.29 is 23.2 Å². The number of hydrogen-bond acceptors (Lipinski definition) is 3. The van der Waals surface area contributed by atoms with Crippen molar-refractivity contribution in [1.29, 1.82) is 0 Å². The molecule has 0 bridgehead atoms. The van der Waals surface area contributed by atoms with Gasteiger partial charge in [0.2, 0.25) is 0 Å². The van der Waals surface area contributed by atoms with E-state index in [2.05, 4.69) is 10.5 Å².